The maximum atomic E-state index is 12.8. The predicted molar refractivity (Wildman–Crippen MR) is 285 cm³/mol. The molecule has 0 radical (unpaired) electrons. The van der Waals surface area contributed by atoms with Crippen LogP contribution in [0.3, 0.4) is 0 Å². The van der Waals surface area contributed by atoms with E-state index in [-0.39, 0.29) is 25.7 Å². The van der Waals surface area contributed by atoms with Crippen molar-refractivity contribution < 1.29 is 80.2 Å². The normalized spacial score (nSPS) is 14.5. The summed E-state index contributed by atoms with van der Waals surface area (Å²) in [4.78, 5) is 71.0. The van der Waals surface area contributed by atoms with Crippen LogP contribution in [-0.4, -0.2) is 96.7 Å². The van der Waals surface area contributed by atoms with E-state index in [9.17, 15) is 43.2 Å². The van der Waals surface area contributed by atoms with Crippen molar-refractivity contribution in [2.24, 2.45) is 0 Å². The Balaban J connectivity index is 5.09. The maximum absolute atomic E-state index is 12.8. The number of ether oxygens (including phenoxy) is 4. The second-order valence-corrected chi connectivity index (χ2v) is 22.5. The lowest BCUT2D eigenvalue weighted by atomic mass is 10.0. The molecule has 73 heavy (non-hydrogen) atoms. The number of hydrogen-bond donors (Lipinski definition) is 3. The summed E-state index contributed by atoms with van der Waals surface area (Å²) in [6.07, 6.45) is 31.8. The van der Waals surface area contributed by atoms with E-state index >= 15 is 0 Å². The third-order valence-electron chi connectivity index (χ3n) is 12.4. The highest BCUT2D eigenvalue weighted by Gasteiger charge is 2.30. The summed E-state index contributed by atoms with van der Waals surface area (Å²) in [7, 11) is -9.84. The molecule has 0 saturated heterocycles. The van der Waals surface area contributed by atoms with Gasteiger partial charge in [0.25, 0.3) is 0 Å². The quantitative estimate of drug-likeness (QED) is 0.0222. The molecule has 0 amide bonds. The molecule has 432 valence electrons. The Morgan fingerprint density at radius 3 is 0.849 bits per heavy atom. The van der Waals surface area contributed by atoms with Gasteiger partial charge in [0.15, 0.2) is 12.2 Å². The van der Waals surface area contributed by atoms with Gasteiger partial charge in [0.2, 0.25) is 0 Å². The fraction of sp³-hybridized carbons (Fsp3) is 0.926. The molecule has 0 aliphatic heterocycles. The van der Waals surface area contributed by atoms with Crippen LogP contribution in [0.1, 0.15) is 265 Å². The minimum absolute atomic E-state index is 0.104. The molecule has 0 heterocycles. The zero-order chi connectivity index (χ0) is 54.1. The molecule has 0 spiro atoms. The lowest BCUT2D eigenvalue weighted by molar-refractivity contribution is -0.161. The van der Waals surface area contributed by atoms with Crippen LogP contribution in [0.15, 0.2) is 0 Å². The van der Waals surface area contributed by atoms with E-state index in [0.717, 1.165) is 77.0 Å². The molecule has 19 heteroatoms. The first-order chi connectivity index (χ1) is 35.2. The molecule has 0 aliphatic carbocycles. The second kappa shape index (κ2) is 49.6. The van der Waals surface area contributed by atoms with Crippen molar-refractivity contribution in [1.29, 1.82) is 0 Å². The Labute approximate surface area is 441 Å². The number of carbonyl (C=O) groups excluding carboxylic acids is 4. The number of unbranched alkanes of at least 4 members (excludes halogenated alkanes) is 29. The fourth-order valence-electron chi connectivity index (χ4n) is 7.84. The summed E-state index contributed by atoms with van der Waals surface area (Å²) < 4.78 is 67.0. The molecule has 0 aliphatic rings. The molecular formula is C54H104O17P2. The minimum atomic E-state index is -4.93. The SMILES string of the molecule is CCCCCCCCCCCCCCC(=O)O[C@H](COC(=O)CCCCCCCCCCC)COP(=O)(O)OC[C@H](O)COP(=O)(O)OC[C@@H](COC(=O)CCCC)OC(=O)CCCCCCCCCCCC. The summed E-state index contributed by atoms with van der Waals surface area (Å²) in [6.45, 7) is 4.54. The highest BCUT2D eigenvalue weighted by Crippen LogP contribution is 2.45. The smallest absolute Gasteiger partial charge is 0.462 e. The first-order valence-corrected chi connectivity index (χ1v) is 31.8. The monoisotopic (exact) mass is 1090 g/mol. The largest absolute Gasteiger partial charge is 0.472 e. The standard InChI is InChI=1S/C54H104O17P2/c1-5-9-13-16-19-22-24-25-28-31-34-37-41-54(59)71-50(45-65-52(57)39-35-32-29-26-21-18-15-11-7-3)47-69-73(62,63)67-43-48(55)42-66-72(60,61)68-46-49(44-64-51(56)38-12-8-4)70-53(58)40-36-33-30-27-23-20-17-14-10-6-2/h48-50,55H,5-47H2,1-4H3,(H,60,61)(H,62,63)/t48-,49-,50-/m1/s1. The molecule has 0 rings (SSSR count). The third kappa shape index (κ3) is 49.4. The van der Waals surface area contributed by atoms with Crippen molar-refractivity contribution in [3.8, 4) is 0 Å². The molecule has 0 bridgehead atoms. The Hall–Kier alpha value is -1.94. The van der Waals surface area contributed by atoms with Crippen LogP contribution < -0.4 is 0 Å². The first-order valence-electron chi connectivity index (χ1n) is 28.8. The highest BCUT2D eigenvalue weighted by atomic mass is 31.2. The van der Waals surface area contributed by atoms with E-state index in [4.69, 9.17) is 37.0 Å². The predicted octanol–water partition coefficient (Wildman–Crippen LogP) is 14.0. The van der Waals surface area contributed by atoms with Gasteiger partial charge in [-0.2, -0.15) is 0 Å². The van der Waals surface area contributed by atoms with Crippen LogP contribution in [-0.2, 0) is 65.4 Å². The number of aliphatic hydroxyl groups is 1. The first kappa shape index (κ1) is 71.1. The van der Waals surface area contributed by atoms with E-state index < -0.39 is 97.5 Å². The number of phosphoric acid groups is 2. The van der Waals surface area contributed by atoms with Crippen molar-refractivity contribution in [2.75, 3.05) is 39.6 Å². The lowest BCUT2D eigenvalue weighted by Gasteiger charge is -2.21. The molecule has 0 saturated carbocycles. The maximum Gasteiger partial charge on any atom is 0.472 e. The molecule has 17 nitrogen and oxygen atoms in total. The van der Waals surface area contributed by atoms with Gasteiger partial charge in [-0.25, -0.2) is 9.13 Å². The summed E-state index contributed by atoms with van der Waals surface area (Å²) in [6, 6.07) is 0. The van der Waals surface area contributed by atoms with Crippen molar-refractivity contribution >= 4 is 39.5 Å². The van der Waals surface area contributed by atoms with Gasteiger partial charge < -0.3 is 33.8 Å². The number of carbonyl (C=O) groups is 4. The minimum Gasteiger partial charge on any atom is -0.462 e. The van der Waals surface area contributed by atoms with Gasteiger partial charge in [0.1, 0.15) is 19.3 Å². The summed E-state index contributed by atoms with van der Waals surface area (Å²) >= 11 is 0. The Morgan fingerprint density at radius 1 is 0.329 bits per heavy atom. The van der Waals surface area contributed by atoms with Crippen LogP contribution in [0.2, 0.25) is 0 Å². The number of hydrogen-bond acceptors (Lipinski definition) is 15. The van der Waals surface area contributed by atoms with E-state index in [1.54, 1.807) is 0 Å². The van der Waals surface area contributed by atoms with Gasteiger partial charge in [0.05, 0.1) is 26.4 Å². The Morgan fingerprint density at radius 2 is 0.562 bits per heavy atom. The molecule has 0 aromatic heterocycles. The van der Waals surface area contributed by atoms with E-state index in [0.29, 0.717) is 25.7 Å². The summed E-state index contributed by atoms with van der Waals surface area (Å²) in [5, 5.41) is 10.4. The van der Waals surface area contributed by atoms with Gasteiger partial charge in [-0.1, -0.05) is 214 Å². The fourth-order valence-corrected chi connectivity index (χ4v) is 9.42. The zero-order valence-electron chi connectivity index (χ0n) is 46.1. The van der Waals surface area contributed by atoms with Crippen molar-refractivity contribution in [3.63, 3.8) is 0 Å². The van der Waals surface area contributed by atoms with Crippen LogP contribution in [0.4, 0.5) is 0 Å². The lowest BCUT2D eigenvalue weighted by Crippen LogP contribution is -2.30. The zero-order valence-corrected chi connectivity index (χ0v) is 47.9. The second-order valence-electron chi connectivity index (χ2n) is 19.6. The molecule has 0 aromatic carbocycles. The molecular weight excluding hydrogens is 983 g/mol. The Bertz CT molecular complexity index is 1440. The van der Waals surface area contributed by atoms with Gasteiger partial charge in [-0.15, -0.1) is 0 Å². The van der Waals surface area contributed by atoms with E-state index in [1.807, 2.05) is 6.92 Å². The molecule has 0 fully saturated rings. The average Bonchev–Trinajstić information content (AvgIpc) is 3.36. The molecule has 5 atom stereocenters. The summed E-state index contributed by atoms with van der Waals surface area (Å²) in [5.74, 6) is -2.18. The molecule has 2 unspecified atom stereocenters. The topological polar surface area (TPSA) is 237 Å². The van der Waals surface area contributed by atoms with Crippen molar-refractivity contribution in [2.45, 2.75) is 284 Å². The van der Waals surface area contributed by atoms with Gasteiger partial charge in [-0.05, 0) is 25.7 Å². The number of phosphoric ester groups is 2. The van der Waals surface area contributed by atoms with Crippen LogP contribution in [0.5, 0.6) is 0 Å². The Kier molecular flexibility index (Phi) is 48.3. The van der Waals surface area contributed by atoms with Crippen LogP contribution >= 0.6 is 15.6 Å². The van der Waals surface area contributed by atoms with E-state index in [2.05, 4.69) is 20.8 Å². The average molecular weight is 1090 g/mol. The highest BCUT2D eigenvalue weighted by molar-refractivity contribution is 7.47. The van der Waals surface area contributed by atoms with Gasteiger partial charge in [0, 0.05) is 25.7 Å². The van der Waals surface area contributed by atoms with Crippen molar-refractivity contribution in [3.05, 3.63) is 0 Å². The van der Waals surface area contributed by atoms with E-state index in [1.165, 1.54) is 109 Å². The van der Waals surface area contributed by atoms with Crippen molar-refractivity contribution in [1.82, 2.24) is 0 Å². The van der Waals surface area contributed by atoms with Gasteiger partial charge >= 0.3 is 39.5 Å². The van der Waals surface area contributed by atoms with Gasteiger partial charge in [-0.3, -0.25) is 37.3 Å². The molecule has 0 aromatic rings. The summed E-state index contributed by atoms with van der Waals surface area (Å²) in [5.41, 5.74) is 0. The van der Waals surface area contributed by atoms with Crippen LogP contribution in [0, 0.1) is 0 Å². The third-order valence-corrected chi connectivity index (χ3v) is 14.3. The number of esters is 4. The number of aliphatic hydroxyl groups excluding tert-OH is 1. The van der Waals surface area contributed by atoms with Crippen LogP contribution in [0.25, 0.3) is 0 Å². The number of rotatable bonds is 55. The molecule has 3 N–H and O–H groups in total.